The quantitative estimate of drug-likeness (QED) is 0.375. The average molecular weight is 487 g/mol. The maximum atomic E-state index is 13.1. The van der Waals surface area contributed by atoms with Crippen LogP contribution in [-0.2, 0) is 16.6 Å². The number of thiazole rings is 1. The fourth-order valence-electron chi connectivity index (χ4n) is 3.76. The van der Waals surface area contributed by atoms with Gasteiger partial charge in [-0.25, -0.2) is 13.1 Å². The second-order valence-corrected chi connectivity index (χ2v) is 10.7. The van der Waals surface area contributed by atoms with E-state index in [-0.39, 0.29) is 15.8 Å². The second-order valence-electron chi connectivity index (χ2n) is 7.61. The van der Waals surface area contributed by atoms with Gasteiger partial charge in [0, 0.05) is 11.1 Å². The normalized spacial score (nSPS) is 12.8. The Morgan fingerprint density at radius 3 is 2.50 bits per heavy atom. The van der Waals surface area contributed by atoms with Crippen LogP contribution in [0, 0.1) is 6.92 Å². The predicted molar refractivity (Wildman–Crippen MR) is 131 cm³/mol. The third kappa shape index (κ3) is 4.52. The van der Waals surface area contributed by atoms with E-state index in [1.165, 1.54) is 0 Å². The second kappa shape index (κ2) is 9.19. The zero-order valence-corrected chi connectivity index (χ0v) is 20.1. The number of benzene rings is 3. The summed E-state index contributed by atoms with van der Waals surface area (Å²) >= 11 is 7.28. The molecule has 1 N–H and O–H groups in total. The molecule has 5 nitrogen and oxygen atoms in total. The highest BCUT2D eigenvalue weighted by atomic mass is 35.5. The summed E-state index contributed by atoms with van der Waals surface area (Å²) in [5.74, 6) is 0. The molecule has 0 fully saturated rings. The van der Waals surface area contributed by atoms with Crippen LogP contribution in [0.3, 0.4) is 0 Å². The minimum Gasteiger partial charge on any atom is -0.294 e. The van der Waals surface area contributed by atoms with Crippen molar-refractivity contribution in [2.24, 2.45) is 0 Å². The number of nitrogens with one attached hydrogen (secondary N) is 1. The summed E-state index contributed by atoms with van der Waals surface area (Å²) < 4.78 is 31.4. The van der Waals surface area contributed by atoms with Gasteiger partial charge in [0.2, 0.25) is 10.0 Å². The van der Waals surface area contributed by atoms with Crippen molar-refractivity contribution < 1.29 is 8.42 Å². The van der Waals surface area contributed by atoms with Gasteiger partial charge in [-0.05, 0) is 54.3 Å². The highest BCUT2D eigenvalue weighted by molar-refractivity contribution is 7.89. The lowest BCUT2D eigenvalue weighted by Gasteiger charge is -2.19. The third-order valence-electron chi connectivity index (χ3n) is 5.51. The molecule has 4 rings (SSSR count). The minimum absolute atomic E-state index is 0.142. The number of aromatic nitrogens is 1. The molecule has 0 unspecified atom stereocenters. The summed E-state index contributed by atoms with van der Waals surface area (Å²) in [6.07, 6.45) is 0.619. The number of hydrogen-bond donors (Lipinski definition) is 1. The number of hydrogen-bond acceptors (Lipinski definition) is 4. The molecule has 1 heterocycles. The fourth-order valence-corrected chi connectivity index (χ4v) is 6.28. The van der Waals surface area contributed by atoms with E-state index in [4.69, 9.17) is 11.6 Å². The first-order chi connectivity index (χ1) is 15.3. The maximum Gasteiger partial charge on any atom is 0.308 e. The van der Waals surface area contributed by atoms with E-state index in [2.05, 4.69) is 4.72 Å². The molecule has 0 aliphatic rings. The van der Waals surface area contributed by atoms with E-state index in [1.54, 1.807) is 28.8 Å². The SMILES string of the molecule is CC[C@@H](NS(=O)(=O)c1ccc2c(c1)sc(=O)n2Cc1ccccc1Cl)c1ccccc1C. The van der Waals surface area contributed by atoms with Gasteiger partial charge >= 0.3 is 4.87 Å². The molecule has 32 heavy (non-hydrogen) atoms. The summed E-state index contributed by atoms with van der Waals surface area (Å²) in [6.45, 7) is 4.25. The van der Waals surface area contributed by atoms with Crippen LogP contribution < -0.4 is 9.60 Å². The van der Waals surface area contributed by atoms with Crippen LogP contribution in [0.1, 0.15) is 36.1 Å². The van der Waals surface area contributed by atoms with Crippen molar-refractivity contribution in [3.05, 3.63) is 98.1 Å². The van der Waals surface area contributed by atoms with Crippen molar-refractivity contribution in [1.82, 2.24) is 9.29 Å². The first-order valence-corrected chi connectivity index (χ1v) is 12.9. The van der Waals surface area contributed by atoms with E-state index in [1.807, 2.05) is 56.3 Å². The lowest BCUT2D eigenvalue weighted by molar-refractivity contribution is 0.549. The standard InChI is InChI=1S/C24H23ClN2O3S2/c1-3-21(19-10-6-4-8-16(19)2)26-32(29,30)18-12-13-22-23(14-18)31-24(28)27(22)15-17-9-5-7-11-20(17)25/h4-14,21,26H,3,15H2,1-2H3/t21-/m1/s1. The van der Waals surface area contributed by atoms with E-state index in [0.29, 0.717) is 28.2 Å². The summed E-state index contributed by atoms with van der Waals surface area (Å²) in [5.41, 5.74) is 3.51. The molecule has 0 radical (unpaired) electrons. The third-order valence-corrected chi connectivity index (χ3v) is 8.29. The van der Waals surface area contributed by atoms with Crippen LogP contribution in [0.4, 0.5) is 0 Å². The Labute approximate surface area is 196 Å². The van der Waals surface area contributed by atoms with Crippen LogP contribution in [0.2, 0.25) is 5.02 Å². The van der Waals surface area contributed by atoms with Crippen LogP contribution in [0.15, 0.2) is 76.4 Å². The molecule has 0 saturated carbocycles. The summed E-state index contributed by atoms with van der Waals surface area (Å²) in [4.78, 5) is 12.6. The molecule has 0 spiro atoms. The van der Waals surface area contributed by atoms with Crippen molar-refractivity contribution >= 4 is 43.2 Å². The van der Waals surface area contributed by atoms with Gasteiger partial charge in [-0.3, -0.25) is 9.36 Å². The average Bonchev–Trinajstić information content (AvgIpc) is 3.08. The summed E-state index contributed by atoms with van der Waals surface area (Å²) in [5, 5.41) is 0.587. The van der Waals surface area contributed by atoms with Crippen LogP contribution in [-0.4, -0.2) is 13.0 Å². The molecule has 8 heteroatoms. The molecular weight excluding hydrogens is 464 g/mol. The molecule has 0 aliphatic carbocycles. The molecule has 1 aromatic heterocycles. The molecule has 1 atom stereocenters. The van der Waals surface area contributed by atoms with Gasteiger partial charge in [0.1, 0.15) is 0 Å². The molecule has 0 bridgehead atoms. The highest BCUT2D eigenvalue weighted by Gasteiger charge is 2.22. The summed E-state index contributed by atoms with van der Waals surface area (Å²) in [6, 6.07) is 19.6. The molecule has 0 amide bonds. The number of fused-ring (bicyclic) bond motifs is 1. The van der Waals surface area contributed by atoms with Crippen molar-refractivity contribution in [3.63, 3.8) is 0 Å². The Hall–Kier alpha value is -2.45. The lowest BCUT2D eigenvalue weighted by atomic mass is 10.0. The molecule has 3 aromatic carbocycles. The van der Waals surface area contributed by atoms with Crippen LogP contribution in [0.25, 0.3) is 10.2 Å². The molecule has 4 aromatic rings. The van der Waals surface area contributed by atoms with E-state index >= 15 is 0 Å². The van der Waals surface area contributed by atoms with Gasteiger partial charge in [-0.2, -0.15) is 0 Å². The number of nitrogens with zero attached hydrogens (tertiary/aromatic N) is 1. The Morgan fingerprint density at radius 1 is 1.06 bits per heavy atom. The van der Waals surface area contributed by atoms with Gasteiger partial charge in [0.15, 0.2) is 0 Å². The monoisotopic (exact) mass is 486 g/mol. The first-order valence-electron chi connectivity index (χ1n) is 10.2. The first kappa shape index (κ1) is 22.7. The fraction of sp³-hybridized carbons (Fsp3) is 0.208. The Bertz CT molecular complexity index is 1440. The molecular formula is C24H23ClN2O3S2. The molecule has 0 aliphatic heterocycles. The maximum absolute atomic E-state index is 13.1. The van der Waals surface area contributed by atoms with Crippen molar-refractivity contribution in [3.8, 4) is 0 Å². The summed E-state index contributed by atoms with van der Waals surface area (Å²) in [7, 11) is -3.77. The predicted octanol–water partition coefficient (Wildman–Crippen LogP) is 5.50. The van der Waals surface area contributed by atoms with Crippen LogP contribution in [0.5, 0.6) is 0 Å². The topological polar surface area (TPSA) is 68.2 Å². The number of rotatable bonds is 7. The minimum atomic E-state index is -3.77. The van der Waals surface area contributed by atoms with Crippen molar-refractivity contribution in [2.45, 2.75) is 37.8 Å². The highest BCUT2D eigenvalue weighted by Crippen LogP contribution is 2.27. The number of sulfonamides is 1. The van der Waals surface area contributed by atoms with Gasteiger partial charge in [-0.1, -0.05) is 72.3 Å². The van der Waals surface area contributed by atoms with E-state index in [0.717, 1.165) is 28.0 Å². The van der Waals surface area contributed by atoms with Gasteiger partial charge in [0.05, 0.1) is 21.7 Å². The van der Waals surface area contributed by atoms with E-state index < -0.39 is 10.0 Å². The van der Waals surface area contributed by atoms with Crippen molar-refractivity contribution in [1.29, 1.82) is 0 Å². The zero-order chi connectivity index (χ0) is 22.9. The smallest absolute Gasteiger partial charge is 0.294 e. The lowest BCUT2D eigenvalue weighted by Crippen LogP contribution is -2.28. The van der Waals surface area contributed by atoms with Crippen molar-refractivity contribution in [2.75, 3.05) is 0 Å². The Balaban J connectivity index is 1.67. The Kier molecular flexibility index (Phi) is 6.53. The molecule has 0 saturated heterocycles. The van der Waals surface area contributed by atoms with Gasteiger partial charge in [0.25, 0.3) is 0 Å². The number of halogens is 1. The van der Waals surface area contributed by atoms with Gasteiger partial charge < -0.3 is 0 Å². The van der Waals surface area contributed by atoms with E-state index in [9.17, 15) is 13.2 Å². The Morgan fingerprint density at radius 2 is 1.78 bits per heavy atom. The van der Waals surface area contributed by atoms with Crippen LogP contribution >= 0.6 is 22.9 Å². The largest absolute Gasteiger partial charge is 0.308 e. The zero-order valence-electron chi connectivity index (χ0n) is 17.7. The molecule has 166 valence electrons. The number of aryl methyl sites for hydroxylation is 1. The van der Waals surface area contributed by atoms with Gasteiger partial charge in [-0.15, -0.1) is 0 Å².